The maximum absolute atomic E-state index is 5.48. The summed E-state index contributed by atoms with van der Waals surface area (Å²) in [6.07, 6.45) is 1.07. The van der Waals surface area contributed by atoms with Gasteiger partial charge in [0.05, 0.1) is 12.6 Å². The van der Waals surface area contributed by atoms with Gasteiger partial charge in [-0.25, -0.2) is 10.8 Å². The lowest BCUT2D eigenvalue weighted by Crippen LogP contribution is -2.44. The zero-order valence-electron chi connectivity index (χ0n) is 11.7. The van der Waals surface area contributed by atoms with E-state index in [1.54, 1.807) is 7.11 Å². The Morgan fingerprint density at radius 1 is 1.35 bits per heavy atom. The summed E-state index contributed by atoms with van der Waals surface area (Å²) in [4.78, 5) is 8.63. The van der Waals surface area contributed by atoms with E-state index in [9.17, 15) is 0 Å². The van der Waals surface area contributed by atoms with Crippen LogP contribution in [-0.4, -0.2) is 69.8 Å². The van der Waals surface area contributed by atoms with Gasteiger partial charge in [-0.15, -0.1) is 0 Å². The van der Waals surface area contributed by atoms with E-state index in [0.717, 1.165) is 19.5 Å². The van der Waals surface area contributed by atoms with Crippen molar-refractivity contribution in [2.45, 2.75) is 19.4 Å². The Bertz CT molecular complexity index is 220. The van der Waals surface area contributed by atoms with Crippen LogP contribution in [-0.2, 0) is 4.74 Å². The van der Waals surface area contributed by atoms with Crippen LogP contribution in [0.1, 0.15) is 13.3 Å². The maximum Gasteiger partial charge on any atom is 0.208 e. The molecule has 0 bridgehead atoms. The number of hydrazine groups is 1. The number of hydrogen-bond acceptors (Lipinski definition) is 4. The quantitative estimate of drug-likeness (QED) is 0.280. The lowest BCUT2D eigenvalue weighted by atomic mass is 10.3. The highest BCUT2D eigenvalue weighted by Crippen LogP contribution is 1.95. The zero-order chi connectivity index (χ0) is 13.3. The Balaban J connectivity index is 4.14. The highest BCUT2D eigenvalue weighted by atomic mass is 16.5. The second-order valence-corrected chi connectivity index (χ2v) is 4.48. The minimum Gasteiger partial charge on any atom is -0.382 e. The van der Waals surface area contributed by atoms with Gasteiger partial charge in [0, 0.05) is 20.7 Å². The van der Waals surface area contributed by atoms with Crippen molar-refractivity contribution < 1.29 is 4.74 Å². The highest BCUT2D eigenvalue weighted by molar-refractivity contribution is 5.79. The largest absolute Gasteiger partial charge is 0.382 e. The van der Waals surface area contributed by atoms with Crippen LogP contribution in [0.15, 0.2) is 4.99 Å². The Kier molecular flexibility index (Phi) is 8.75. The van der Waals surface area contributed by atoms with Crippen molar-refractivity contribution in [2.75, 3.05) is 47.9 Å². The zero-order valence-corrected chi connectivity index (χ0v) is 11.7. The molecule has 0 amide bonds. The van der Waals surface area contributed by atoms with E-state index in [0.29, 0.717) is 12.6 Å². The normalized spacial score (nSPS) is 13.9. The second-order valence-electron chi connectivity index (χ2n) is 4.48. The van der Waals surface area contributed by atoms with Gasteiger partial charge in [0.25, 0.3) is 0 Å². The number of methoxy groups -OCH3 is 1. The van der Waals surface area contributed by atoms with Gasteiger partial charge in [0.1, 0.15) is 0 Å². The van der Waals surface area contributed by atoms with Gasteiger partial charge in [-0.2, -0.15) is 0 Å². The monoisotopic (exact) mass is 245 g/mol. The van der Waals surface area contributed by atoms with Gasteiger partial charge in [-0.1, -0.05) is 0 Å². The second kappa shape index (κ2) is 9.21. The van der Waals surface area contributed by atoms with Crippen LogP contribution in [0.4, 0.5) is 0 Å². The molecule has 0 spiro atoms. The molecule has 6 nitrogen and oxygen atoms in total. The molecule has 0 radical (unpaired) electrons. The fourth-order valence-electron chi connectivity index (χ4n) is 1.46. The van der Waals surface area contributed by atoms with E-state index in [2.05, 4.69) is 29.4 Å². The molecular weight excluding hydrogens is 218 g/mol. The van der Waals surface area contributed by atoms with Crippen LogP contribution in [0.5, 0.6) is 0 Å². The predicted octanol–water partition coefficient (Wildman–Crippen LogP) is -0.276. The third-order valence-electron chi connectivity index (χ3n) is 2.34. The summed E-state index contributed by atoms with van der Waals surface area (Å²) in [5, 5.41) is 0. The minimum absolute atomic E-state index is 0.0994. The molecule has 3 N–H and O–H groups in total. The Morgan fingerprint density at radius 2 is 2.00 bits per heavy atom. The van der Waals surface area contributed by atoms with E-state index >= 15 is 0 Å². The number of ether oxygens (including phenoxy) is 1. The molecule has 1 atom stereocenters. The van der Waals surface area contributed by atoms with E-state index in [1.807, 2.05) is 18.9 Å². The molecule has 0 aliphatic carbocycles. The van der Waals surface area contributed by atoms with Crippen molar-refractivity contribution >= 4 is 5.96 Å². The number of rotatable bonds is 7. The number of hydrogen-bond donors (Lipinski definition) is 2. The summed E-state index contributed by atoms with van der Waals surface area (Å²) in [7, 11) is 7.78. The Labute approximate surface area is 105 Å². The summed E-state index contributed by atoms with van der Waals surface area (Å²) >= 11 is 0. The third kappa shape index (κ3) is 7.95. The molecular formula is C11H27N5O. The van der Waals surface area contributed by atoms with E-state index in [-0.39, 0.29) is 6.04 Å². The standard InChI is InChI=1S/C11H27N5O/c1-10(9-17-5)13-11(14-12)16(4)8-6-7-15(2)3/h10H,6-9,12H2,1-5H3,(H,13,14). The van der Waals surface area contributed by atoms with Crippen LogP contribution in [0.2, 0.25) is 0 Å². The van der Waals surface area contributed by atoms with Crippen LogP contribution in [0.3, 0.4) is 0 Å². The van der Waals surface area contributed by atoms with Gasteiger partial charge < -0.3 is 14.5 Å². The molecule has 0 saturated carbocycles. The molecule has 0 fully saturated rings. The van der Waals surface area contributed by atoms with Gasteiger partial charge >= 0.3 is 0 Å². The maximum atomic E-state index is 5.48. The van der Waals surface area contributed by atoms with Crippen molar-refractivity contribution in [1.82, 2.24) is 15.2 Å². The van der Waals surface area contributed by atoms with Crippen LogP contribution in [0, 0.1) is 0 Å². The highest BCUT2D eigenvalue weighted by Gasteiger charge is 2.07. The molecule has 0 aromatic carbocycles. The summed E-state index contributed by atoms with van der Waals surface area (Å²) < 4.78 is 5.04. The first kappa shape index (κ1) is 16.1. The van der Waals surface area contributed by atoms with Crippen molar-refractivity contribution in [3.8, 4) is 0 Å². The molecule has 0 saturated heterocycles. The molecule has 0 aliphatic heterocycles. The fraction of sp³-hybridized carbons (Fsp3) is 0.909. The number of aliphatic imine (C=N–C) groups is 1. The summed E-state index contributed by atoms with van der Waals surface area (Å²) in [5.74, 6) is 6.18. The first-order chi connectivity index (χ1) is 8.01. The molecule has 17 heavy (non-hydrogen) atoms. The Hall–Kier alpha value is -0.850. The molecule has 6 heteroatoms. The molecule has 0 aromatic heterocycles. The van der Waals surface area contributed by atoms with Gasteiger partial charge in [0.2, 0.25) is 5.96 Å². The first-order valence-corrected chi connectivity index (χ1v) is 5.90. The lowest BCUT2D eigenvalue weighted by Gasteiger charge is -2.22. The van der Waals surface area contributed by atoms with E-state index < -0.39 is 0 Å². The van der Waals surface area contributed by atoms with Crippen molar-refractivity contribution in [1.29, 1.82) is 0 Å². The summed E-state index contributed by atoms with van der Waals surface area (Å²) in [6.45, 7) is 4.56. The SMILES string of the molecule is COCC(C)N=C(NN)N(C)CCCN(C)C. The smallest absolute Gasteiger partial charge is 0.208 e. The number of guanidine groups is 1. The van der Waals surface area contributed by atoms with Crippen LogP contribution in [0.25, 0.3) is 0 Å². The topological polar surface area (TPSA) is 66.1 Å². The Morgan fingerprint density at radius 3 is 2.47 bits per heavy atom. The summed E-state index contributed by atoms with van der Waals surface area (Å²) in [6, 6.07) is 0.0994. The average molecular weight is 245 g/mol. The van der Waals surface area contributed by atoms with Crippen molar-refractivity contribution in [2.24, 2.45) is 10.8 Å². The third-order valence-corrected chi connectivity index (χ3v) is 2.34. The van der Waals surface area contributed by atoms with Crippen LogP contribution < -0.4 is 11.3 Å². The van der Waals surface area contributed by atoms with E-state index in [4.69, 9.17) is 10.6 Å². The minimum atomic E-state index is 0.0994. The fourth-order valence-corrected chi connectivity index (χ4v) is 1.46. The molecule has 102 valence electrons. The van der Waals surface area contributed by atoms with E-state index in [1.165, 1.54) is 0 Å². The molecule has 1 unspecified atom stereocenters. The molecule has 0 heterocycles. The lowest BCUT2D eigenvalue weighted by molar-refractivity contribution is 0.185. The van der Waals surface area contributed by atoms with Crippen LogP contribution >= 0.6 is 0 Å². The number of nitrogens with two attached hydrogens (primary N) is 1. The van der Waals surface area contributed by atoms with Crippen molar-refractivity contribution in [3.63, 3.8) is 0 Å². The van der Waals surface area contributed by atoms with Crippen molar-refractivity contribution in [3.05, 3.63) is 0 Å². The number of nitrogens with zero attached hydrogens (tertiary/aromatic N) is 3. The van der Waals surface area contributed by atoms with Gasteiger partial charge in [-0.05, 0) is 34.0 Å². The molecule has 0 aromatic rings. The van der Waals surface area contributed by atoms with Gasteiger partial charge in [0.15, 0.2) is 0 Å². The van der Waals surface area contributed by atoms with Gasteiger partial charge in [-0.3, -0.25) is 5.43 Å². The summed E-state index contributed by atoms with van der Waals surface area (Å²) in [5.41, 5.74) is 2.64. The number of nitrogens with one attached hydrogen (secondary N) is 1. The molecule has 0 rings (SSSR count). The first-order valence-electron chi connectivity index (χ1n) is 5.90. The predicted molar refractivity (Wildman–Crippen MR) is 71.9 cm³/mol. The average Bonchev–Trinajstić information content (AvgIpc) is 2.25. The molecule has 0 aliphatic rings.